The summed E-state index contributed by atoms with van der Waals surface area (Å²) in [5.41, 5.74) is 1.63. The van der Waals surface area contributed by atoms with E-state index in [4.69, 9.17) is 0 Å². The van der Waals surface area contributed by atoms with Crippen LogP contribution < -0.4 is 10.6 Å². The Hall–Kier alpha value is -2.87. The predicted octanol–water partition coefficient (Wildman–Crippen LogP) is 3.11. The number of hydrogen-bond acceptors (Lipinski definition) is 3. The Bertz CT molecular complexity index is 833. The van der Waals surface area contributed by atoms with Gasteiger partial charge in [0.25, 0.3) is 0 Å². The minimum atomic E-state index is -4.47. The molecule has 0 fully saturated rings. The Balaban J connectivity index is 1.92. The highest BCUT2D eigenvalue weighted by Crippen LogP contribution is 2.29. The number of halogens is 3. The van der Waals surface area contributed by atoms with Crippen molar-refractivity contribution in [1.29, 1.82) is 0 Å². The van der Waals surface area contributed by atoms with Crippen LogP contribution in [0.15, 0.2) is 42.5 Å². The molecule has 1 unspecified atom stereocenters. The van der Waals surface area contributed by atoms with Crippen LogP contribution >= 0.6 is 0 Å². The van der Waals surface area contributed by atoms with Gasteiger partial charge >= 0.3 is 18.0 Å². The molecule has 0 heterocycles. The van der Waals surface area contributed by atoms with E-state index >= 15 is 0 Å². The first-order valence-corrected chi connectivity index (χ1v) is 8.10. The molecule has 0 spiro atoms. The number of carbonyl (C=O) groups excluding carboxylic acids is 2. The molecule has 1 atom stereocenters. The maximum atomic E-state index is 12.5. The summed E-state index contributed by atoms with van der Waals surface area (Å²) in [5, 5.41) is 14.7. The Morgan fingerprint density at radius 2 is 1.67 bits per heavy atom. The van der Waals surface area contributed by atoms with Crippen LogP contribution in [0.2, 0.25) is 0 Å². The standard InChI is InChI=1S/C19H19F3N2O3/c1-11-4-3-5-15(12(11)2)24-18(27)17(26)23-10-16(25)13-6-8-14(9-7-13)19(20,21)22/h3-9,16,25H,10H2,1-2H3,(H,23,26)(H,24,27). The monoisotopic (exact) mass is 380 g/mol. The lowest BCUT2D eigenvalue weighted by atomic mass is 10.1. The summed E-state index contributed by atoms with van der Waals surface area (Å²) in [4.78, 5) is 23.8. The zero-order chi connectivity index (χ0) is 20.2. The van der Waals surface area contributed by atoms with Crippen LogP contribution in [0.4, 0.5) is 18.9 Å². The molecule has 0 saturated carbocycles. The van der Waals surface area contributed by atoms with Crippen LogP contribution in [-0.4, -0.2) is 23.5 Å². The summed E-state index contributed by atoms with van der Waals surface area (Å²) in [6, 6.07) is 9.19. The van der Waals surface area contributed by atoms with E-state index in [1.54, 1.807) is 19.1 Å². The van der Waals surface area contributed by atoms with Gasteiger partial charge in [0.05, 0.1) is 11.7 Å². The Kier molecular flexibility index (Phi) is 6.22. The summed E-state index contributed by atoms with van der Waals surface area (Å²) < 4.78 is 37.6. The predicted molar refractivity (Wildman–Crippen MR) is 94.0 cm³/mol. The number of nitrogens with one attached hydrogen (secondary N) is 2. The van der Waals surface area contributed by atoms with Crippen molar-refractivity contribution in [3.05, 3.63) is 64.7 Å². The molecular formula is C19H19F3N2O3. The normalized spacial score (nSPS) is 12.4. The molecule has 8 heteroatoms. The SMILES string of the molecule is Cc1cccc(NC(=O)C(=O)NCC(O)c2ccc(C(F)(F)F)cc2)c1C. The van der Waals surface area contributed by atoms with Crippen molar-refractivity contribution in [2.45, 2.75) is 26.1 Å². The Morgan fingerprint density at radius 3 is 2.26 bits per heavy atom. The maximum Gasteiger partial charge on any atom is 0.416 e. The number of hydrogen-bond donors (Lipinski definition) is 3. The summed E-state index contributed by atoms with van der Waals surface area (Å²) in [6.07, 6.45) is -5.71. The largest absolute Gasteiger partial charge is 0.416 e. The average Bonchev–Trinajstić information content (AvgIpc) is 2.62. The fourth-order valence-corrected chi connectivity index (χ4v) is 2.35. The van der Waals surface area contributed by atoms with Gasteiger partial charge in [-0.15, -0.1) is 0 Å². The zero-order valence-electron chi connectivity index (χ0n) is 14.7. The lowest BCUT2D eigenvalue weighted by Gasteiger charge is -2.14. The van der Waals surface area contributed by atoms with Gasteiger partial charge in [-0.3, -0.25) is 9.59 Å². The van der Waals surface area contributed by atoms with E-state index in [0.29, 0.717) is 5.69 Å². The molecule has 0 saturated heterocycles. The van der Waals surface area contributed by atoms with E-state index in [2.05, 4.69) is 10.6 Å². The molecule has 0 bridgehead atoms. The molecule has 2 rings (SSSR count). The summed E-state index contributed by atoms with van der Waals surface area (Å²) in [6.45, 7) is 3.35. The minimum absolute atomic E-state index is 0.193. The van der Waals surface area contributed by atoms with Crippen molar-refractivity contribution >= 4 is 17.5 Å². The first-order valence-electron chi connectivity index (χ1n) is 8.10. The van der Waals surface area contributed by atoms with E-state index in [1.165, 1.54) is 0 Å². The van der Waals surface area contributed by atoms with E-state index in [0.717, 1.165) is 35.4 Å². The molecule has 5 nitrogen and oxygen atoms in total. The van der Waals surface area contributed by atoms with Crippen molar-refractivity contribution in [3.63, 3.8) is 0 Å². The second-order valence-corrected chi connectivity index (χ2v) is 6.05. The number of benzene rings is 2. The lowest BCUT2D eigenvalue weighted by Crippen LogP contribution is -2.37. The van der Waals surface area contributed by atoms with Crippen molar-refractivity contribution in [3.8, 4) is 0 Å². The smallest absolute Gasteiger partial charge is 0.387 e. The van der Waals surface area contributed by atoms with Crippen LogP contribution in [0.25, 0.3) is 0 Å². The average molecular weight is 380 g/mol. The van der Waals surface area contributed by atoms with Crippen LogP contribution in [0, 0.1) is 13.8 Å². The molecule has 27 heavy (non-hydrogen) atoms. The van der Waals surface area contributed by atoms with Crippen molar-refractivity contribution in [2.75, 3.05) is 11.9 Å². The number of anilines is 1. The van der Waals surface area contributed by atoms with Gasteiger partial charge in [-0.05, 0) is 48.7 Å². The zero-order valence-corrected chi connectivity index (χ0v) is 14.7. The molecule has 3 N–H and O–H groups in total. The van der Waals surface area contributed by atoms with Crippen LogP contribution in [-0.2, 0) is 15.8 Å². The second kappa shape index (κ2) is 8.22. The van der Waals surface area contributed by atoms with Gasteiger partial charge in [0.15, 0.2) is 0 Å². The summed E-state index contributed by atoms with van der Waals surface area (Å²) >= 11 is 0. The van der Waals surface area contributed by atoms with Gasteiger partial charge in [0.1, 0.15) is 0 Å². The summed E-state index contributed by atoms with van der Waals surface area (Å²) in [7, 11) is 0. The van der Waals surface area contributed by atoms with E-state index in [1.807, 2.05) is 13.0 Å². The van der Waals surface area contributed by atoms with Crippen molar-refractivity contribution in [2.24, 2.45) is 0 Å². The van der Waals surface area contributed by atoms with Crippen LogP contribution in [0.1, 0.15) is 28.4 Å². The number of aliphatic hydroxyl groups is 1. The van der Waals surface area contributed by atoms with Crippen molar-refractivity contribution in [1.82, 2.24) is 5.32 Å². The highest BCUT2D eigenvalue weighted by molar-refractivity contribution is 6.39. The van der Waals surface area contributed by atoms with Gasteiger partial charge in [-0.25, -0.2) is 0 Å². The molecule has 2 amide bonds. The molecule has 2 aromatic carbocycles. The summed E-state index contributed by atoms with van der Waals surface area (Å²) in [5.74, 6) is -1.86. The van der Waals surface area contributed by atoms with Crippen LogP contribution in [0.5, 0.6) is 0 Å². The topological polar surface area (TPSA) is 78.4 Å². The highest BCUT2D eigenvalue weighted by Gasteiger charge is 2.30. The first kappa shape index (κ1) is 20.4. The molecule has 144 valence electrons. The van der Waals surface area contributed by atoms with E-state index < -0.39 is 29.7 Å². The molecule has 0 radical (unpaired) electrons. The van der Waals surface area contributed by atoms with E-state index in [9.17, 15) is 27.9 Å². The van der Waals surface area contributed by atoms with Crippen LogP contribution in [0.3, 0.4) is 0 Å². The quantitative estimate of drug-likeness (QED) is 0.714. The van der Waals surface area contributed by atoms with Crippen molar-refractivity contribution < 1.29 is 27.9 Å². The molecule has 0 aliphatic heterocycles. The number of aryl methyl sites for hydroxylation is 1. The number of carbonyl (C=O) groups is 2. The van der Waals surface area contributed by atoms with Gasteiger partial charge in [-0.1, -0.05) is 24.3 Å². The third-order valence-corrected chi connectivity index (χ3v) is 4.14. The minimum Gasteiger partial charge on any atom is -0.387 e. The Labute approximate surface area is 154 Å². The van der Waals surface area contributed by atoms with Gasteiger partial charge in [0.2, 0.25) is 0 Å². The third kappa shape index (κ3) is 5.30. The molecular weight excluding hydrogens is 361 g/mol. The molecule has 0 aliphatic rings. The molecule has 0 aliphatic carbocycles. The lowest BCUT2D eigenvalue weighted by molar-refractivity contribution is -0.137. The van der Waals surface area contributed by atoms with Gasteiger partial charge in [0, 0.05) is 12.2 Å². The fraction of sp³-hybridized carbons (Fsp3) is 0.263. The number of rotatable bonds is 4. The Morgan fingerprint density at radius 1 is 1.04 bits per heavy atom. The maximum absolute atomic E-state index is 12.5. The molecule has 0 aromatic heterocycles. The second-order valence-electron chi connectivity index (χ2n) is 6.05. The fourth-order valence-electron chi connectivity index (χ4n) is 2.35. The first-order chi connectivity index (χ1) is 12.6. The number of alkyl halides is 3. The van der Waals surface area contributed by atoms with Gasteiger partial charge in [-0.2, -0.15) is 13.2 Å². The van der Waals surface area contributed by atoms with E-state index in [-0.39, 0.29) is 12.1 Å². The van der Waals surface area contributed by atoms with Gasteiger partial charge < -0.3 is 15.7 Å². The highest BCUT2D eigenvalue weighted by atomic mass is 19.4. The number of aliphatic hydroxyl groups excluding tert-OH is 1. The third-order valence-electron chi connectivity index (χ3n) is 4.14. The molecule has 2 aromatic rings. The number of amides is 2.